The van der Waals surface area contributed by atoms with E-state index in [9.17, 15) is 0 Å². The fourth-order valence-electron chi connectivity index (χ4n) is 3.26. The van der Waals surface area contributed by atoms with Gasteiger partial charge in [-0.05, 0) is 57.6 Å². The quantitative estimate of drug-likeness (QED) is 0.805. The van der Waals surface area contributed by atoms with Crippen LogP contribution in [0.1, 0.15) is 57.2 Å². The largest absolute Gasteiger partial charge is 0.371 e. The van der Waals surface area contributed by atoms with Gasteiger partial charge >= 0.3 is 0 Å². The van der Waals surface area contributed by atoms with E-state index in [1.807, 2.05) is 0 Å². The molecule has 1 heterocycles. The zero-order valence-electron chi connectivity index (χ0n) is 14.2. The molecule has 1 aliphatic carbocycles. The van der Waals surface area contributed by atoms with Crippen molar-refractivity contribution in [2.45, 2.75) is 65.5 Å². The summed E-state index contributed by atoms with van der Waals surface area (Å²) in [5.41, 5.74) is 3.81. The first-order valence-corrected chi connectivity index (χ1v) is 8.50. The second-order valence-electron chi connectivity index (χ2n) is 6.66. The summed E-state index contributed by atoms with van der Waals surface area (Å²) < 4.78 is 0. The summed E-state index contributed by atoms with van der Waals surface area (Å²) in [6.07, 6.45) is 8.59. The smallest absolute Gasteiger partial charge is 0.0445 e. The molecule has 1 aromatic rings. The van der Waals surface area contributed by atoms with Crippen LogP contribution in [0.5, 0.6) is 0 Å². The van der Waals surface area contributed by atoms with Crippen LogP contribution in [0.25, 0.3) is 0 Å². The van der Waals surface area contributed by atoms with Crippen molar-refractivity contribution in [3.63, 3.8) is 0 Å². The van der Waals surface area contributed by atoms with E-state index < -0.39 is 0 Å². The molecule has 1 aromatic heterocycles. The minimum absolute atomic E-state index is 0.688. The van der Waals surface area contributed by atoms with Gasteiger partial charge in [-0.3, -0.25) is 4.98 Å². The van der Waals surface area contributed by atoms with Crippen molar-refractivity contribution < 1.29 is 0 Å². The number of hydrogen-bond donors (Lipinski definition) is 1. The molecule has 0 saturated heterocycles. The van der Waals surface area contributed by atoms with Gasteiger partial charge < -0.3 is 10.2 Å². The van der Waals surface area contributed by atoms with Gasteiger partial charge in [-0.25, -0.2) is 0 Å². The van der Waals surface area contributed by atoms with E-state index in [1.54, 1.807) is 0 Å². The molecule has 0 unspecified atom stereocenters. The minimum Gasteiger partial charge on any atom is -0.371 e. The first kappa shape index (κ1) is 16.3. The molecule has 3 heteroatoms. The van der Waals surface area contributed by atoms with Gasteiger partial charge in [0.1, 0.15) is 0 Å². The summed E-state index contributed by atoms with van der Waals surface area (Å²) in [5.74, 6) is 0.902. The number of aromatic nitrogens is 1. The monoisotopic (exact) mass is 289 g/mol. The van der Waals surface area contributed by atoms with Crippen molar-refractivity contribution in [3.05, 3.63) is 23.5 Å². The molecule has 0 aromatic carbocycles. The highest BCUT2D eigenvalue weighted by molar-refractivity contribution is 5.54. The van der Waals surface area contributed by atoms with Crippen molar-refractivity contribution in [2.24, 2.45) is 5.92 Å². The van der Waals surface area contributed by atoms with Gasteiger partial charge in [0.2, 0.25) is 0 Å². The number of rotatable bonds is 6. The SMILES string of the molecule is CCCNCc1cnc(C)cc1N(C)C1CCC(C)CC1. The molecular weight excluding hydrogens is 258 g/mol. The van der Waals surface area contributed by atoms with Crippen LogP contribution >= 0.6 is 0 Å². The summed E-state index contributed by atoms with van der Waals surface area (Å²) in [4.78, 5) is 6.99. The average Bonchev–Trinajstić information content (AvgIpc) is 2.49. The van der Waals surface area contributed by atoms with Crippen molar-refractivity contribution in [3.8, 4) is 0 Å². The summed E-state index contributed by atoms with van der Waals surface area (Å²) >= 11 is 0. The predicted octanol–water partition coefficient (Wildman–Crippen LogP) is 3.90. The number of pyridine rings is 1. The molecule has 1 aliphatic rings. The van der Waals surface area contributed by atoms with Crippen LogP contribution in [-0.4, -0.2) is 24.6 Å². The third-order valence-corrected chi connectivity index (χ3v) is 4.75. The Bertz CT molecular complexity index is 436. The van der Waals surface area contributed by atoms with Crippen LogP contribution in [0.4, 0.5) is 5.69 Å². The molecule has 0 spiro atoms. The fourth-order valence-corrected chi connectivity index (χ4v) is 3.26. The molecule has 21 heavy (non-hydrogen) atoms. The maximum Gasteiger partial charge on any atom is 0.0445 e. The maximum atomic E-state index is 4.49. The number of nitrogens with one attached hydrogen (secondary N) is 1. The van der Waals surface area contributed by atoms with Gasteiger partial charge in [-0.2, -0.15) is 0 Å². The summed E-state index contributed by atoms with van der Waals surface area (Å²) in [5, 5.41) is 3.51. The Balaban J connectivity index is 2.10. The van der Waals surface area contributed by atoms with Crippen LogP contribution in [0.2, 0.25) is 0 Å². The highest BCUT2D eigenvalue weighted by Gasteiger charge is 2.23. The third-order valence-electron chi connectivity index (χ3n) is 4.75. The Morgan fingerprint density at radius 3 is 2.67 bits per heavy atom. The first-order chi connectivity index (χ1) is 10.1. The molecule has 118 valence electrons. The Morgan fingerprint density at radius 2 is 2.00 bits per heavy atom. The molecule has 0 atom stereocenters. The molecule has 1 fully saturated rings. The number of aryl methyl sites for hydroxylation is 1. The maximum absolute atomic E-state index is 4.49. The van der Waals surface area contributed by atoms with Crippen LogP contribution < -0.4 is 10.2 Å². The summed E-state index contributed by atoms with van der Waals surface area (Å²) in [6, 6.07) is 2.94. The Morgan fingerprint density at radius 1 is 1.29 bits per heavy atom. The third kappa shape index (κ3) is 4.44. The molecule has 1 saturated carbocycles. The van der Waals surface area contributed by atoms with Gasteiger partial charge in [0.05, 0.1) is 0 Å². The number of nitrogens with zero attached hydrogens (tertiary/aromatic N) is 2. The molecular formula is C18H31N3. The van der Waals surface area contributed by atoms with E-state index >= 15 is 0 Å². The Labute approximate surface area is 130 Å². The van der Waals surface area contributed by atoms with E-state index in [0.717, 1.165) is 24.7 Å². The second-order valence-corrected chi connectivity index (χ2v) is 6.66. The zero-order valence-corrected chi connectivity index (χ0v) is 14.2. The average molecular weight is 289 g/mol. The molecule has 2 rings (SSSR count). The van der Waals surface area contributed by atoms with Crippen molar-refractivity contribution in [1.29, 1.82) is 0 Å². The normalized spacial score (nSPS) is 22.3. The number of anilines is 1. The standard InChI is InChI=1S/C18H31N3/c1-5-10-19-12-16-13-20-15(3)11-18(16)21(4)17-8-6-14(2)7-9-17/h11,13-14,17,19H,5-10,12H2,1-4H3. The molecule has 0 amide bonds. The van der Waals surface area contributed by atoms with Gasteiger partial charge in [0.15, 0.2) is 0 Å². The van der Waals surface area contributed by atoms with E-state index in [0.29, 0.717) is 6.04 Å². The lowest BCUT2D eigenvalue weighted by molar-refractivity contribution is 0.340. The van der Waals surface area contributed by atoms with E-state index in [2.05, 4.69) is 55.3 Å². The van der Waals surface area contributed by atoms with Crippen molar-refractivity contribution in [1.82, 2.24) is 10.3 Å². The zero-order chi connectivity index (χ0) is 15.2. The highest BCUT2D eigenvalue weighted by Crippen LogP contribution is 2.31. The van der Waals surface area contributed by atoms with Crippen LogP contribution in [-0.2, 0) is 6.54 Å². The lowest BCUT2D eigenvalue weighted by Gasteiger charge is -2.36. The van der Waals surface area contributed by atoms with Crippen molar-refractivity contribution in [2.75, 3.05) is 18.5 Å². The predicted molar refractivity (Wildman–Crippen MR) is 90.8 cm³/mol. The summed E-state index contributed by atoms with van der Waals surface area (Å²) in [6.45, 7) is 8.66. The van der Waals surface area contributed by atoms with Crippen LogP contribution in [0, 0.1) is 12.8 Å². The highest BCUT2D eigenvalue weighted by atomic mass is 15.1. The van der Waals surface area contributed by atoms with Crippen LogP contribution in [0.3, 0.4) is 0 Å². The number of hydrogen-bond acceptors (Lipinski definition) is 3. The molecule has 1 N–H and O–H groups in total. The molecule has 0 bridgehead atoms. The van der Waals surface area contributed by atoms with Gasteiger partial charge in [0.25, 0.3) is 0 Å². The second kappa shape index (κ2) is 7.79. The molecule has 0 aliphatic heterocycles. The van der Waals surface area contributed by atoms with Gasteiger partial charge in [-0.15, -0.1) is 0 Å². The van der Waals surface area contributed by atoms with E-state index in [4.69, 9.17) is 0 Å². The fraction of sp³-hybridized carbons (Fsp3) is 0.722. The van der Waals surface area contributed by atoms with E-state index in [-0.39, 0.29) is 0 Å². The first-order valence-electron chi connectivity index (χ1n) is 8.50. The van der Waals surface area contributed by atoms with Gasteiger partial charge in [-0.1, -0.05) is 13.8 Å². The lowest BCUT2D eigenvalue weighted by Crippen LogP contribution is -2.35. The van der Waals surface area contributed by atoms with E-state index in [1.165, 1.54) is 43.4 Å². The summed E-state index contributed by atoms with van der Waals surface area (Å²) in [7, 11) is 2.26. The van der Waals surface area contributed by atoms with Crippen LogP contribution in [0.15, 0.2) is 12.3 Å². The van der Waals surface area contributed by atoms with Gasteiger partial charge in [0, 0.05) is 42.8 Å². The van der Waals surface area contributed by atoms with Crippen molar-refractivity contribution >= 4 is 5.69 Å². The lowest BCUT2D eigenvalue weighted by atomic mass is 9.86. The topological polar surface area (TPSA) is 28.2 Å². The Hall–Kier alpha value is -1.09. The minimum atomic E-state index is 0.688. The molecule has 3 nitrogen and oxygen atoms in total. The molecule has 0 radical (unpaired) electrons. The Kier molecular flexibility index (Phi) is 6.04.